The second-order valence-corrected chi connectivity index (χ2v) is 13.5. The molecule has 1 atom stereocenters. The van der Waals surface area contributed by atoms with Crippen LogP contribution >= 0.6 is 0 Å². The lowest BCUT2D eigenvalue weighted by Gasteiger charge is -2.44. The highest BCUT2D eigenvalue weighted by Gasteiger charge is 2.42. The Labute approximate surface area is 254 Å². The number of amides is 1. The predicted molar refractivity (Wildman–Crippen MR) is 168 cm³/mol. The number of hydrogen-bond acceptors (Lipinski definition) is 5. The number of sulfonamides is 1. The van der Waals surface area contributed by atoms with Gasteiger partial charge in [-0.2, -0.15) is 4.31 Å². The minimum atomic E-state index is -3.62. The summed E-state index contributed by atoms with van der Waals surface area (Å²) >= 11 is 0. The molecule has 2 heterocycles. The Kier molecular flexibility index (Phi) is 8.74. The van der Waals surface area contributed by atoms with E-state index in [1.54, 1.807) is 12.5 Å². The summed E-state index contributed by atoms with van der Waals surface area (Å²) in [5.74, 6) is -0.153. The highest BCUT2D eigenvalue weighted by atomic mass is 32.2. The molecule has 1 aliphatic carbocycles. The van der Waals surface area contributed by atoms with Gasteiger partial charge in [0.05, 0.1) is 18.6 Å². The number of carbonyl (C=O) groups is 1. The zero-order chi connectivity index (χ0) is 29.8. The zero-order valence-electron chi connectivity index (χ0n) is 24.6. The van der Waals surface area contributed by atoms with Gasteiger partial charge in [-0.05, 0) is 47.1 Å². The molecule has 0 N–H and O–H groups in total. The van der Waals surface area contributed by atoms with Gasteiger partial charge >= 0.3 is 0 Å². The number of benzene rings is 3. The van der Waals surface area contributed by atoms with Gasteiger partial charge in [-0.15, -0.1) is 0 Å². The fraction of sp³-hybridized carbons (Fsp3) is 0.353. The number of imidazole rings is 1. The smallest absolute Gasteiger partial charge is 0.242 e. The second kappa shape index (κ2) is 12.8. The van der Waals surface area contributed by atoms with Crippen molar-refractivity contribution in [2.75, 3.05) is 32.4 Å². The molecule has 1 amide bonds. The average Bonchev–Trinajstić information content (AvgIpc) is 3.48. The van der Waals surface area contributed by atoms with E-state index in [9.17, 15) is 13.2 Å². The van der Waals surface area contributed by atoms with E-state index in [-0.39, 0.29) is 18.5 Å². The Morgan fingerprint density at radius 1 is 0.907 bits per heavy atom. The summed E-state index contributed by atoms with van der Waals surface area (Å²) in [6.45, 7) is 2.79. The molecule has 9 heteroatoms. The molecule has 8 nitrogen and oxygen atoms in total. The zero-order valence-corrected chi connectivity index (χ0v) is 25.4. The summed E-state index contributed by atoms with van der Waals surface area (Å²) < 4.78 is 29.6. The predicted octanol–water partition coefficient (Wildman–Crippen LogP) is 4.14. The molecule has 3 aromatic carbocycles. The first kappa shape index (κ1) is 29.3. The number of piperazine rings is 1. The molecule has 0 radical (unpaired) electrons. The van der Waals surface area contributed by atoms with Crippen LogP contribution in [-0.2, 0) is 40.7 Å². The van der Waals surface area contributed by atoms with Gasteiger partial charge in [0.25, 0.3) is 0 Å². The lowest BCUT2D eigenvalue weighted by molar-refractivity contribution is -0.138. The van der Waals surface area contributed by atoms with Crippen LogP contribution in [0.1, 0.15) is 40.3 Å². The van der Waals surface area contributed by atoms with Crippen LogP contribution in [0.25, 0.3) is 0 Å². The average molecular weight is 598 g/mol. The number of hydrogen-bond donors (Lipinski definition) is 0. The molecule has 224 valence electrons. The molecule has 0 bridgehead atoms. The summed E-state index contributed by atoms with van der Waals surface area (Å²) in [5.41, 5.74) is 6.12. The van der Waals surface area contributed by atoms with Crippen molar-refractivity contribution in [3.63, 3.8) is 0 Å². The van der Waals surface area contributed by atoms with E-state index in [0.717, 1.165) is 31.4 Å². The number of nitrogens with zero attached hydrogens (tertiary/aromatic N) is 5. The van der Waals surface area contributed by atoms with Crippen LogP contribution in [0, 0.1) is 0 Å². The Morgan fingerprint density at radius 2 is 1.56 bits per heavy atom. The highest BCUT2D eigenvalue weighted by Crippen LogP contribution is 2.38. The molecule has 1 aromatic heterocycles. The van der Waals surface area contributed by atoms with Gasteiger partial charge in [0.1, 0.15) is 6.04 Å². The van der Waals surface area contributed by atoms with Gasteiger partial charge in [0.2, 0.25) is 15.9 Å². The number of aryl methyl sites for hydroxylation is 3. The SMILES string of the molecule is CS(=O)(=O)N1CCN(C2c3ccccc3CCc3ccccc32)C[C@@H]1C(=O)N(CCCn1ccnc1)Cc1ccccc1. The van der Waals surface area contributed by atoms with Gasteiger partial charge in [0, 0.05) is 51.7 Å². The molecule has 2 aliphatic rings. The van der Waals surface area contributed by atoms with Gasteiger partial charge in [-0.3, -0.25) is 9.69 Å². The number of carbonyl (C=O) groups excluding carboxylic acids is 1. The Bertz CT molecular complexity index is 1590. The summed E-state index contributed by atoms with van der Waals surface area (Å²) in [4.78, 5) is 22.8. The maximum atomic E-state index is 14.5. The summed E-state index contributed by atoms with van der Waals surface area (Å²) in [5, 5.41) is 0. The lowest BCUT2D eigenvalue weighted by atomic mass is 9.92. The van der Waals surface area contributed by atoms with Gasteiger partial charge in [-0.1, -0.05) is 78.9 Å². The van der Waals surface area contributed by atoms with Crippen LogP contribution in [0.5, 0.6) is 0 Å². The third-order valence-electron chi connectivity index (χ3n) is 8.73. The largest absolute Gasteiger partial charge is 0.337 e. The second-order valence-electron chi connectivity index (χ2n) is 11.6. The quantitative estimate of drug-likeness (QED) is 0.290. The highest BCUT2D eigenvalue weighted by molar-refractivity contribution is 7.88. The van der Waals surface area contributed by atoms with E-state index in [1.807, 2.05) is 46.0 Å². The van der Waals surface area contributed by atoms with Gasteiger partial charge in [-0.25, -0.2) is 13.4 Å². The molecule has 43 heavy (non-hydrogen) atoms. The first-order valence-electron chi connectivity index (χ1n) is 15.0. The van der Waals surface area contributed by atoms with E-state index in [0.29, 0.717) is 26.2 Å². The maximum Gasteiger partial charge on any atom is 0.242 e. The standard InChI is InChI=1S/C34H39N5O3S/c1-43(41,42)39-23-22-37(33-30-14-7-5-12-28(30)16-17-29-13-6-8-15-31(29)33)25-32(39)34(40)38(24-27-10-3-2-4-11-27)20-9-19-36-21-18-35-26-36/h2-8,10-15,18,21,26,32-33H,9,16-17,19-20,22-25H2,1H3/t32-/m1/s1. The maximum absolute atomic E-state index is 14.5. The lowest BCUT2D eigenvalue weighted by Crippen LogP contribution is -2.61. The summed E-state index contributed by atoms with van der Waals surface area (Å²) in [7, 11) is -3.62. The molecule has 0 spiro atoms. The number of aromatic nitrogens is 2. The van der Waals surface area contributed by atoms with Crippen molar-refractivity contribution < 1.29 is 13.2 Å². The normalized spacial score (nSPS) is 18.0. The molecular formula is C34H39N5O3S. The van der Waals surface area contributed by atoms with E-state index in [2.05, 4.69) is 58.4 Å². The van der Waals surface area contributed by atoms with Crippen LogP contribution in [0.4, 0.5) is 0 Å². The Balaban J connectivity index is 1.33. The van der Waals surface area contributed by atoms with E-state index in [1.165, 1.54) is 32.8 Å². The van der Waals surface area contributed by atoms with Crippen molar-refractivity contribution in [1.29, 1.82) is 0 Å². The third kappa shape index (κ3) is 6.59. The molecule has 0 saturated carbocycles. The summed E-state index contributed by atoms with van der Waals surface area (Å²) in [6, 6.07) is 26.2. The van der Waals surface area contributed by atoms with E-state index in [4.69, 9.17) is 0 Å². The molecule has 6 rings (SSSR count). The van der Waals surface area contributed by atoms with Crippen molar-refractivity contribution >= 4 is 15.9 Å². The molecule has 1 saturated heterocycles. The van der Waals surface area contributed by atoms with Gasteiger partial charge in [0.15, 0.2) is 0 Å². The van der Waals surface area contributed by atoms with E-state index >= 15 is 0 Å². The first-order chi connectivity index (χ1) is 20.9. The molecular weight excluding hydrogens is 558 g/mol. The van der Waals surface area contributed by atoms with Crippen molar-refractivity contribution in [3.05, 3.63) is 125 Å². The molecule has 1 fully saturated rings. The molecule has 0 unspecified atom stereocenters. The van der Waals surface area contributed by atoms with Crippen LogP contribution in [0.2, 0.25) is 0 Å². The van der Waals surface area contributed by atoms with Crippen LogP contribution < -0.4 is 0 Å². The topological polar surface area (TPSA) is 78.8 Å². The third-order valence-corrected chi connectivity index (χ3v) is 10.0. The van der Waals surface area contributed by atoms with Crippen molar-refractivity contribution in [3.8, 4) is 0 Å². The van der Waals surface area contributed by atoms with Gasteiger partial charge < -0.3 is 9.47 Å². The molecule has 4 aromatic rings. The van der Waals surface area contributed by atoms with Crippen LogP contribution in [-0.4, -0.2) is 76.5 Å². The Morgan fingerprint density at radius 3 is 2.19 bits per heavy atom. The fourth-order valence-corrected chi connectivity index (χ4v) is 7.68. The first-order valence-corrected chi connectivity index (χ1v) is 16.9. The number of rotatable bonds is 9. The van der Waals surface area contributed by atoms with Crippen LogP contribution in [0.15, 0.2) is 97.6 Å². The van der Waals surface area contributed by atoms with E-state index < -0.39 is 16.1 Å². The summed E-state index contributed by atoms with van der Waals surface area (Å²) in [6.07, 6.45) is 9.30. The fourth-order valence-electron chi connectivity index (χ4n) is 6.65. The molecule has 1 aliphatic heterocycles. The monoisotopic (exact) mass is 597 g/mol. The minimum Gasteiger partial charge on any atom is -0.337 e. The number of fused-ring (bicyclic) bond motifs is 2. The minimum absolute atomic E-state index is 0.0456. The Hall–Kier alpha value is -3.79. The van der Waals surface area contributed by atoms with Crippen molar-refractivity contribution in [1.82, 2.24) is 23.7 Å². The van der Waals surface area contributed by atoms with Crippen molar-refractivity contribution in [2.45, 2.75) is 44.4 Å². The van der Waals surface area contributed by atoms with Crippen LogP contribution in [0.3, 0.4) is 0 Å². The van der Waals surface area contributed by atoms with Crippen molar-refractivity contribution in [2.24, 2.45) is 0 Å².